The van der Waals surface area contributed by atoms with E-state index in [2.05, 4.69) is 53.4 Å². The van der Waals surface area contributed by atoms with Crippen LogP contribution in [0.5, 0.6) is 5.75 Å². The van der Waals surface area contributed by atoms with E-state index in [1.807, 2.05) is 24.0 Å². The molecule has 0 saturated carbocycles. The Hall–Kier alpha value is -2.91. The summed E-state index contributed by atoms with van der Waals surface area (Å²) in [6.45, 7) is 5.82. The Morgan fingerprint density at radius 1 is 0.875 bits per heavy atom. The predicted octanol–water partition coefficient (Wildman–Crippen LogP) is 5.07. The molecule has 0 aromatic heterocycles. The number of piperidine rings is 1. The summed E-state index contributed by atoms with van der Waals surface area (Å²) in [6, 6.07) is 25.7. The second kappa shape index (κ2) is 12.7. The highest BCUT2D eigenvalue weighted by Gasteiger charge is 2.36. The minimum absolute atomic E-state index is 0.136. The average molecular weight is 582 g/mol. The second-order valence-corrected chi connectivity index (χ2v) is 12.6. The van der Waals surface area contributed by atoms with Crippen LogP contribution in [0.3, 0.4) is 0 Å². The van der Waals surface area contributed by atoms with Crippen molar-refractivity contribution >= 4 is 27.5 Å². The molecule has 0 spiro atoms. The van der Waals surface area contributed by atoms with Gasteiger partial charge < -0.3 is 9.64 Å². The van der Waals surface area contributed by atoms with Crippen LogP contribution in [0, 0.1) is 5.92 Å². The molecule has 2 fully saturated rings. The maximum Gasteiger partial charge on any atom is 0.243 e. The molecular formula is C31H36ClN3O4S. The summed E-state index contributed by atoms with van der Waals surface area (Å²) in [7, 11) is -3.70. The number of rotatable bonds is 8. The van der Waals surface area contributed by atoms with Crippen molar-refractivity contribution in [1.29, 1.82) is 0 Å². The Balaban J connectivity index is 1.18. The van der Waals surface area contributed by atoms with Gasteiger partial charge in [-0.15, -0.1) is 0 Å². The van der Waals surface area contributed by atoms with Gasteiger partial charge in [-0.2, -0.15) is 4.31 Å². The van der Waals surface area contributed by atoms with Gasteiger partial charge in [-0.25, -0.2) is 8.42 Å². The third-order valence-electron chi connectivity index (χ3n) is 7.87. The van der Waals surface area contributed by atoms with Crippen LogP contribution in [0.2, 0.25) is 5.02 Å². The minimum atomic E-state index is -3.70. The Bertz CT molecular complexity index is 1350. The largest absolute Gasteiger partial charge is 0.492 e. The van der Waals surface area contributed by atoms with E-state index < -0.39 is 10.0 Å². The topological polar surface area (TPSA) is 70.2 Å². The fourth-order valence-corrected chi connectivity index (χ4v) is 7.55. The number of hydrogen-bond donors (Lipinski definition) is 0. The monoisotopic (exact) mass is 581 g/mol. The number of sulfonamides is 1. The number of carbonyl (C=O) groups excluding carboxylic acids is 1. The SMILES string of the molecule is CCOc1ccc(S(=O)(=O)N2CCC(C(=O)N3CCN(C(c4ccccc4)c4ccccc4)CC3)CC2)cc1Cl. The first-order valence-corrected chi connectivity index (χ1v) is 15.8. The summed E-state index contributed by atoms with van der Waals surface area (Å²) in [5.41, 5.74) is 2.49. The van der Waals surface area contributed by atoms with Crippen LogP contribution in [0.1, 0.15) is 36.9 Å². The van der Waals surface area contributed by atoms with Crippen molar-refractivity contribution in [1.82, 2.24) is 14.1 Å². The van der Waals surface area contributed by atoms with Gasteiger partial charge in [0.15, 0.2) is 0 Å². The highest BCUT2D eigenvalue weighted by atomic mass is 35.5. The third-order valence-corrected chi connectivity index (χ3v) is 10.1. The van der Waals surface area contributed by atoms with Gasteiger partial charge in [0.2, 0.25) is 15.9 Å². The van der Waals surface area contributed by atoms with E-state index in [9.17, 15) is 13.2 Å². The lowest BCUT2D eigenvalue weighted by Crippen LogP contribution is -2.52. The summed E-state index contributed by atoms with van der Waals surface area (Å²) in [5.74, 6) is 0.434. The molecule has 2 saturated heterocycles. The standard InChI is InChI=1S/C31H36ClN3O4S/c1-2-39-29-14-13-27(23-28(29)32)40(37,38)35-17-15-26(16-18-35)31(36)34-21-19-33(20-22-34)30(24-9-5-3-6-10-24)25-11-7-4-8-12-25/h3-14,23,26,30H,2,15-22H2,1H3. The molecule has 9 heteroatoms. The van der Waals surface area contributed by atoms with Gasteiger partial charge in [0, 0.05) is 45.2 Å². The van der Waals surface area contributed by atoms with Gasteiger partial charge in [-0.3, -0.25) is 9.69 Å². The lowest BCUT2D eigenvalue weighted by atomic mass is 9.95. The van der Waals surface area contributed by atoms with Crippen molar-refractivity contribution in [2.75, 3.05) is 45.9 Å². The zero-order chi connectivity index (χ0) is 28.1. The van der Waals surface area contributed by atoms with Gasteiger partial charge in [0.25, 0.3) is 0 Å². The predicted molar refractivity (Wildman–Crippen MR) is 157 cm³/mol. The van der Waals surface area contributed by atoms with Gasteiger partial charge in [-0.1, -0.05) is 72.3 Å². The van der Waals surface area contributed by atoms with E-state index in [4.69, 9.17) is 16.3 Å². The zero-order valence-electron chi connectivity index (χ0n) is 22.8. The third kappa shape index (κ3) is 6.20. The van der Waals surface area contributed by atoms with E-state index >= 15 is 0 Å². The fourth-order valence-electron chi connectivity index (χ4n) is 5.75. The van der Waals surface area contributed by atoms with E-state index in [1.165, 1.54) is 27.6 Å². The number of hydrogen-bond acceptors (Lipinski definition) is 5. The van der Waals surface area contributed by atoms with E-state index in [0.29, 0.717) is 51.4 Å². The fraction of sp³-hybridized carbons (Fsp3) is 0.387. The molecule has 40 heavy (non-hydrogen) atoms. The zero-order valence-corrected chi connectivity index (χ0v) is 24.4. The van der Waals surface area contributed by atoms with Crippen molar-refractivity contribution in [3.63, 3.8) is 0 Å². The molecule has 0 N–H and O–H groups in total. The number of halogens is 1. The van der Waals surface area contributed by atoms with Crippen LogP contribution in [-0.2, 0) is 14.8 Å². The molecule has 212 valence electrons. The van der Waals surface area contributed by atoms with Crippen molar-refractivity contribution in [2.24, 2.45) is 5.92 Å². The van der Waals surface area contributed by atoms with E-state index in [0.717, 1.165) is 13.1 Å². The highest BCUT2D eigenvalue weighted by molar-refractivity contribution is 7.89. The summed E-state index contributed by atoms with van der Waals surface area (Å²) >= 11 is 6.24. The van der Waals surface area contributed by atoms with Crippen molar-refractivity contribution < 1.29 is 17.9 Å². The van der Waals surface area contributed by atoms with Crippen molar-refractivity contribution in [3.05, 3.63) is 95.0 Å². The van der Waals surface area contributed by atoms with Gasteiger partial charge in [0.05, 0.1) is 22.6 Å². The van der Waals surface area contributed by atoms with Crippen LogP contribution >= 0.6 is 11.6 Å². The Morgan fingerprint density at radius 3 is 1.98 bits per heavy atom. The second-order valence-electron chi connectivity index (χ2n) is 10.3. The quantitative estimate of drug-likeness (QED) is 0.371. The molecule has 0 bridgehead atoms. The van der Waals surface area contributed by atoms with Crippen molar-refractivity contribution in [2.45, 2.75) is 30.7 Å². The maximum absolute atomic E-state index is 13.4. The van der Waals surface area contributed by atoms with Crippen LogP contribution in [0.4, 0.5) is 0 Å². The Morgan fingerprint density at radius 2 is 1.45 bits per heavy atom. The minimum Gasteiger partial charge on any atom is -0.492 e. The molecule has 3 aromatic carbocycles. The first-order chi connectivity index (χ1) is 19.4. The number of piperazine rings is 1. The molecular weight excluding hydrogens is 546 g/mol. The number of amides is 1. The summed E-state index contributed by atoms with van der Waals surface area (Å²) in [6.07, 6.45) is 1.03. The lowest BCUT2D eigenvalue weighted by Gasteiger charge is -2.41. The van der Waals surface area contributed by atoms with Gasteiger partial charge >= 0.3 is 0 Å². The first kappa shape index (κ1) is 28.6. The number of ether oxygens (including phenoxy) is 1. The van der Waals surface area contributed by atoms with Gasteiger partial charge in [0.1, 0.15) is 5.75 Å². The molecule has 2 aliphatic rings. The van der Waals surface area contributed by atoms with Gasteiger partial charge in [-0.05, 0) is 49.1 Å². The molecule has 0 unspecified atom stereocenters. The molecule has 1 amide bonds. The molecule has 0 aliphatic carbocycles. The normalized spacial score (nSPS) is 17.7. The smallest absolute Gasteiger partial charge is 0.243 e. The highest BCUT2D eigenvalue weighted by Crippen LogP contribution is 2.32. The van der Waals surface area contributed by atoms with Crippen LogP contribution in [-0.4, -0.2) is 74.3 Å². The number of carbonyl (C=O) groups is 1. The molecule has 3 aromatic rings. The molecule has 0 radical (unpaired) electrons. The van der Waals surface area contributed by atoms with E-state index in [-0.39, 0.29) is 27.8 Å². The van der Waals surface area contributed by atoms with E-state index in [1.54, 1.807) is 6.07 Å². The summed E-state index contributed by atoms with van der Waals surface area (Å²) < 4.78 is 33.4. The van der Waals surface area contributed by atoms with Crippen LogP contribution in [0.25, 0.3) is 0 Å². The average Bonchev–Trinajstić information content (AvgIpc) is 2.99. The summed E-state index contributed by atoms with van der Waals surface area (Å²) in [5, 5.41) is 0.272. The molecule has 2 heterocycles. The number of nitrogens with zero attached hydrogens (tertiary/aromatic N) is 3. The molecule has 5 rings (SSSR count). The molecule has 0 atom stereocenters. The number of benzene rings is 3. The Kier molecular flexibility index (Phi) is 9.10. The maximum atomic E-state index is 13.4. The van der Waals surface area contributed by atoms with Crippen molar-refractivity contribution in [3.8, 4) is 5.75 Å². The molecule has 2 aliphatic heterocycles. The van der Waals surface area contributed by atoms with Crippen LogP contribution in [0.15, 0.2) is 83.8 Å². The first-order valence-electron chi connectivity index (χ1n) is 13.9. The Labute approximate surface area is 242 Å². The molecule has 7 nitrogen and oxygen atoms in total. The lowest BCUT2D eigenvalue weighted by molar-refractivity contribution is -0.138. The van der Waals surface area contributed by atoms with Crippen LogP contribution < -0.4 is 4.74 Å². The summed E-state index contributed by atoms with van der Waals surface area (Å²) in [4.78, 5) is 18.0.